The molecule has 0 aliphatic heterocycles. The van der Waals surface area contributed by atoms with E-state index < -0.39 is 17.9 Å². The molecule has 18 heavy (non-hydrogen) atoms. The molecular weight excluding hydrogens is 232 g/mol. The first-order valence-electron chi connectivity index (χ1n) is 6.82. The number of esters is 2. The van der Waals surface area contributed by atoms with Crippen LogP contribution in [0.25, 0.3) is 0 Å². The maximum Gasteiger partial charge on any atom is 0.320 e. The zero-order valence-electron chi connectivity index (χ0n) is 11.8. The monoisotopic (exact) mass is 256 g/mol. The van der Waals surface area contributed by atoms with Gasteiger partial charge in [0.1, 0.15) is 0 Å². The summed E-state index contributed by atoms with van der Waals surface area (Å²) < 4.78 is 10.4. The van der Waals surface area contributed by atoms with Crippen molar-refractivity contribution in [3.05, 3.63) is 0 Å². The highest BCUT2D eigenvalue weighted by Gasteiger charge is 2.39. The third-order valence-electron chi connectivity index (χ3n) is 3.08. The first kappa shape index (κ1) is 15.0. The summed E-state index contributed by atoms with van der Waals surface area (Å²) in [6.45, 7) is 7.16. The summed E-state index contributed by atoms with van der Waals surface area (Å²) in [6.07, 6.45) is 3.56. The van der Waals surface area contributed by atoms with Gasteiger partial charge in [0.25, 0.3) is 0 Å². The van der Waals surface area contributed by atoms with Gasteiger partial charge in [-0.3, -0.25) is 9.59 Å². The summed E-state index contributed by atoms with van der Waals surface area (Å²) >= 11 is 0. The van der Waals surface area contributed by atoms with Gasteiger partial charge in [0, 0.05) is 0 Å². The van der Waals surface area contributed by atoms with Crippen LogP contribution >= 0.6 is 0 Å². The van der Waals surface area contributed by atoms with E-state index in [0.717, 1.165) is 25.7 Å². The van der Waals surface area contributed by atoms with Crippen LogP contribution in [0, 0.1) is 11.8 Å². The molecule has 0 unspecified atom stereocenters. The Hall–Kier alpha value is -1.06. The third-order valence-corrected chi connectivity index (χ3v) is 3.08. The zero-order chi connectivity index (χ0) is 13.7. The van der Waals surface area contributed by atoms with Crippen molar-refractivity contribution in [1.82, 2.24) is 0 Å². The summed E-state index contributed by atoms with van der Waals surface area (Å²) in [5, 5.41) is 0. The van der Waals surface area contributed by atoms with Crippen molar-refractivity contribution in [2.45, 2.75) is 65.6 Å². The molecule has 4 heteroatoms. The largest absolute Gasteiger partial charge is 0.462 e. The van der Waals surface area contributed by atoms with E-state index in [4.69, 9.17) is 9.47 Å². The maximum atomic E-state index is 12.0. The van der Waals surface area contributed by atoms with Gasteiger partial charge in [0.15, 0.2) is 5.92 Å². The van der Waals surface area contributed by atoms with Crippen LogP contribution in [0.4, 0.5) is 0 Å². The molecule has 1 aliphatic carbocycles. The lowest BCUT2D eigenvalue weighted by atomic mass is 9.91. The zero-order valence-corrected chi connectivity index (χ0v) is 11.8. The van der Waals surface area contributed by atoms with Crippen molar-refractivity contribution in [2.24, 2.45) is 11.8 Å². The van der Waals surface area contributed by atoms with Gasteiger partial charge in [-0.2, -0.15) is 0 Å². The van der Waals surface area contributed by atoms with Crippen molar-refractivity contribution in [2.75, 3.05) is 0 Å². The average molecular weight is 256 g/mol. The van der Waals surface area contributed by atoms with E-state index in [1.807, 2.05) is 0 Å². The van der Waals surface area contributed by atoms with Gasteiger partial charge in [-0.25, -0.2) is 0 Å². The number of ether oxygens (including phenoxy) is 2. The molecule has 0 N–H and O–H groups in total. The molecule has 0 radical (unpaired) electrons. The second-order valence-electron chi connectivity index (χ2n) is 5.49. The second-order valence-corrected chi connectivity index (χ2v) is 5.49. The Balaban J connectivity index is 2.73. The number of carbonyl (C=O) groups excluding carboxylic acids is 2. The quantitative estimate of drug-likeness (QED) is 0.560. The summed E-state index contributed by atoms with van der Waals surface area (Å²) in [5.41, 5.74) is 0. The maximum absolute atomic E-state index is 12.0. The van der Waals surface area contributed by atoms with Gasteiger partial charge in [-0.15, -0.1) is 0 Å². The molecule has 1 saturated carbocycles. The van der Waals surface area contributed by atoms with Gasteiger partial charge >= 0.3 is 11.9 Å². The Morgan fingerprint density at radius 2 is 1.28 bits per heavy atom. The fourth-order valence-electron chi connectivity index (χ4n) is 2.38. The SMILES string of the molecule is CC(C)OC(=O)C(C(=O)OC(C)C)C1CCCC1. The molecular formula is C14H24O4. The summed E-state index contributed by atoms with van der Waals surface area (Å²) in [7, 11) is 0. The van der Waals surface area contributed by atoms with Crippen LogP contribution < -0.4 is 0 Å². The fourth-order valence-corrected chi connectivity index (χ4v) is 2.38. The molecule has 0 bridgehead atoms. The van der Waals surface area contributed by atoms with Crippen molar-refractivity contribution in [3.8, 4) is 0 Å². The van der Waals surface area contributed by atoms with E-state index in [0.29, 0.717) is 0 Å². The van der Waals surface area contributed by atoms with E-state index in [9.17, 15) is 9.59 Å². The standard InChI is InChI=1S/C14H24O4/c1-9(2)17-13(15)12(11-7-5-6-8-11)14(16)18-10(3)4/h9-12H,5-8H2,1-4H3. The van der Waals surface area contributed by atoms with E-state index in [1.54, 1.807) is 27.7 Å². The highest BCUT2D eigenvalue weighted by molar-refractivity contribution is 5.95. The first-order valence-corrected chi connectivity index (χ1v) is 6.82. The molecule has 4 nitrogen and oxygen atoms in total. The smallest absolute Gasteiger partial charge is 0.320 e. The molecule has 0 spiro atoms. The van der Waals surface area contributed by atoms with Gasteiger partial charge in [0.2, 0.25) is 0 Å². The van der Waals surface area contributed by atoms with Crippen molar-refractivity contribution < 1.29 is 19.1 Å². The Kier molecular flexibility index (Phi) is 5.63. The molecule has 104 valence electrons. The van der Waals surface area contributed by atoms with Gasteiger partial charge in [0.05, 0.1) is 12.2 Å². The molecule has 0 atom stereocenters. The second kappa shape index (κ2) is 6.76. The van der Waals surface area contributed by atoms with Crippen LogP contribution in [-0.2, 0) is 19.1 Å². The Morgan fingerprint density at radius 1 is 0.889 bits per heavy atom. The number of rotatable bonds is 5. The topological polar surface area (TPSA) is 52.6 Å². The summed E-state index contributed by atoms with van der Waals surface area (Å²) in [6, 6.07) is 0. The molecule has 0 heterocycles. The predicted octanol–water partition coefficient (Wildman–Crippen LogP) is 2.70. The number of hydrogen-bond donors (Lipinski definition) is 0. The highest BCUT2D eigenvalue weighted by atomic mass is 16.6. The molecule has 0 amide bonds. The Labute approximate surface area is 109 Å². The van der Waals surface area contributed by atoms with Gasteiger partial charge in [-0.1, -0.05) is 12.8 Å². The minimum atomic E-state index is -0.739. The van der Waals surface area contributed by atoms with Crippen molar-refractivity contribution >= 4 is 11.9 Å². The van der Waals surface area contributed by atoms with Crippen LogP contribution in [0.15, 0.2) is 0 Å². The Bertz CT molecular complexity index is 268. The van der Waals surface area contributed by atoms with E-state index in [1.165, 1.54) is 0 Å². The summed E-state index contributed by atoms with van der Waals surface area (Å²) in [4.78, 5) is 24.1. The molecule has 0 aromatic rings. The molecule has 1 fully saturated rings. The fraction of sp³-hybridized carbons (Fsp3) is 0.857. The van der Waals surface area contributed by atoms with E-state index >= 15 is 0 Å². The van der Waals surface area contributed by atoms with Crippen molar-refractivity contribution in [1.29, 1.82) is 0 Å². The Morgan fingerprint density at radius 3 is 1.61 bits per heavy atom. The van der Waals surface area contributed by atoms with Crippen molar-refractivity contribution in [3.63, 3.8) is 0 Å². The normalized spacial score (nSPS) is 16.6. The lowest BCUT2D eigenvalue weighted by molar-refractivity contribution is -0.169. The van der Waals surface area contributed by atoms with Crippen LogP contribution in [0.1, 0.15) is 53.4 Å². The van der Waals surface area contributed by atoms with Crippen LogP contribution in [0.3, 0.4) is 0 Å². The van der Waals surface area contributed by atoms with Crippen LogP contribution in [-0.4, -0.2) is 24.1 Å². The minimum Gasteiger partial charge on any atom is -0.462 e. The molecule has 0 aromatic carbocycles. The van der Waals surface area contributed by atoms with Gasteiger partial charge in [-0.05, 0) is 46.5 Å². The highest BCUT2D eigenvalue weighted by Crippen LogP contribution is 2.33. The first-order chi connectivity index (χ1) is 8.41. The average Bonchev–Trinajstić information content (AvgIpc) is 2.68. The molecule has 0 saturated heterocycles. The predicted molar refractivity (Wildman–Crippen MR) is 67.9 cm³/mol. The lowest BCUT2D eigenvalue weighted by Gasteiger charge is -2.22. The van der Waals surface area contributed by atoms with E-state index in [-0.39, 0.29) is 18.1 Å². The van der Waals surface area contributed by atoms with Gasteiger partial charge < -0.3 is 9.47 Å². The lowest BCUT2D eigenvalue weighted by Crippen LogP contribution is -2.35. The molecule has 1 aliphatic rings. The third kappa shape index (κ3) is 4.31. The minimum absolute atomic E-state index is 0.0856. The van der Waals surface area contributed by atoms with Crippen LogP contribution in [0.2, 0.25) is 0 Å². The molecule has 0 aromatic heterocycles. The van der Waals surface area contributed by atoms with E-state index in [2.05, 4.69) is 0 Å². The van der Waals surface area contributed by atoms with Crippen LogP contribution in [0.5, 0.6) is 0 Å². The summed E-state index contributed by atoms with van der Waals surface area (Å²) in [5.74, 6) is -1.51. The number of hydrogen-bond acceptors (Lipinski definition) is 4. The molecule has 1 rings (SSSR count). The number of carbonyl (C=O) groups is 2.